The smallest absolute Gasteiger partial charge is 0.294 e. The van der Waals surface area contributed by atoms with E-state index in [9.17, 15) is 0 Å². The van der Waals surface area contributed by atoms with Gasteiger partial charge < -0.3 is 14.3 Å². The quantitative estimate of drug-likeness (QED) is 0.940. The molecule has 2 rings (SSSR count). The summed E-state index contributed by atoms with van der Waals surface area (Å²) in [7, 11) is 1.82. The Kier molecular flexibility index (Phi) is 4.31. The van der Waals surface area contributed by atoms with Gasteiger partial charge in [0.15, 0.2) is 5.82 Å². The van der Waals surface area contributed by atoms with E-state index in [-0.39, 0.29) is 12.4 Å². The number of hydrogen-bond donors (Lipinski definition) is 1. The summed E-state index contributed by atoms with van der Waals surface area (Å²) >= 11 is 3.31. The largest absolute Gasteiger partial charge is 0.458 e. The van der Waals surface area contributed by atoms with Gasteiger partial charge in [-0.05, 0) is 29.0 Å². The minimum absolute atomic E-state index is 0. The first-order valence-corrected chi connectivity index (χ1v) is 4.81. The Morgan fingerprint density at radius 2 is 2.33 bits per heavy atom. The summed E-state index contributed by atoms with van der Waals surface area (Å²) in [6.07, 6.45) is 1.56. The Morgan fingerprint density at radius 3 is 2.93 bits per heavy atom. The SMILES string of the molecule is CNCc1noc(-c2occc2Br)n1.Cl. The van der Waals surface area contributed by atoms with Crippen LogP contribution in [0.4, 0.5) is 0 Å². The Balaban J connectivity index is 0.00000112. The molecule has 0 bridgehead atoms. The van der Waals surface area contributed by atoms with E-state index in [4.69, 9.17) is 8.94 Å². The normalized spacial score (nSPS) is 10.0. The van der Waals surface area contributed by atoms with Crippen LogP contribution in [0.1, 0.15) is 5.82 Å². The van der Waals surface area contributed by atoms with E-state index in [0.29, 0.717) is 24.0 Å². The molecule has 2 aromatic rings. The highest BCUT2D eigenvalue weighted by atomic mass is 79.9. The van der Waals surface area contributed by atoms with E-state index in [1.54, 1.807) is 12.3 Å². The van der Waals surface area contributed by atoms with Gasteiger partial charge in [0.25, 0.3) is 5.89 Å². The molecule has 0 aliphatic heterocycles. The van der Waals surface area contributed by atoms with Crippen LogP contribution in [0.2, 0.25) is 0 Å². The fraction of sp³-hybridized carbons (Fsp3) is 0.250. The molecule has 0 aliphatic rings. The topological polar surface area (TPSA) is 64.1 Å². The van der Waals surface area contributed by atoms with Crippen molar-refractivity contribution < 1.29 is 8.94 Å². The summed E-state index contributed by atoms with van der Waals surface area (Å²) in [5, 5.41) is 6.70. The molecule has 0 fully saturated rings. The molecule has 0 atom stereocenters. The predicted octanol–water partition coefficient (Wildman–Crippen LogP) is 2.23. The highest BCUT2D eigenvalue weighted by molar-refractivity contribution is 9.10. The molecule has 7 heteroatoms. The van der Waals surface area contributed by atoms with Crippen molar-refractivity contribution in [2.24, 2.45) is 0 Å². The molecular weight excluding hydrogens is 285 g/mol. The van der Waals surface area contributed by atoms with E-state index < -0.39 is 0 Å². The lowest BCUT2D eigenvalue weighted by molar-refractivity contribution is 0.407. The van der Waals surface area contributed by atoms with Crippen molar-refractivity contribution >= 4 is 28.3 Å². The average Bonchev–Trinajstić information content (AvgIpc) is 2.74. The minimum Gasteiger partial charge on any atom is -0.458 e. The van der Waals surface area contributed by atoms with Crippen LogP contribution in [-0.4, -0.2) is 17.2 Å². The third-order valence-corrected chi connectivity index (χ3v) is 2.24. The van der Waals surface area contributed by atoms with Crippen LogP contribution in [0.3, 0.4) is 0 Å². The summed E-state index contributed by atoms with van der Waals surface area (Å²) < 4.78 is 11.0. The number of furan rings is 1. The number of rotatable bonds is 3. The van der Waals surface area contributed by atoms with Gasteiger partial charge in [0, 0.05) is 0 Å². The fourth-order valence-electron chi connectivity index (χ4n) is 1.02. The summed E-state index contributed by atoms with van der Waals surface area (Å²) in [4.78, 5) is 4.14. The minimum atomic E-state index is 0. The molecule has 2 heterocycles. The van der Waals surface area contributed by atoms with E-state index in [2.05, 4.69) is 31.4 Å². The zero-order chi connectivity index (χ0) is 9.97. The summed E-state index contributed by atoms with van der Waals surface area (Å²) in [6.45, 7) is 0.571. The summed E-state index contributed by atoms with van der Waals surface area (Å²) in [6, 6.07) is 1.78. The zero-order valence-electron chi connectivity index (χ0n) is 7.86. The van der Waals surface area contributed by atoms with E-state index >= 15 is 0 Å². The van der Waals surface area contributed by atoms with Crippen molar-refractivity contribution in [3.05, 3.63) is 22.6 Å². The lowest BCUT2D eigenvalue weighted by Crippen LogP contribution is -2.06. The second kappa shape index (κ2) is 5.29. The number of hydrogen-bond acceptors (Lipinski definition) is 5. The molecule has 0 spiro atoms. The van der Waals surface area contributed by atoms with E-state index in [1.165, 1.54) is 0 Å². The highest BCUT2D eigenvalue weighted by Crippen LogP contribution is 2.27. The Labute approximate surface area is 101 Å². The van der Waals surface area contributed by atoms with Crippen molar-refractivity contribution in [3.63, 3.8) is 0 Å². The number of nitrogens with zero attached hydrogens (tertiary/aromatic N) is 2. The second-order valence-corrected chi connectivity index (χ2v) is 3.50. The lowest BCUT2D eigenvalue weighted by atomic mass is 10.4. The molecule has 0 unspecified atom stereocenters. The maximum atomic E-state index is 5.18. The summed E-state index contributed by atoms with van der Waals surface area (Å²) in [5.41, 5.74) is 0. The Morgan fingerprint density at radius 1 is 1.53 bits per heavy atom. The van der Waals surface area contributed by atoms with E-state index in [1.807, 2.05) is 7.05 Å². The van der Waals surface area contributed by atoms with E-state index in [0.717, 1.165) is 4.47 Å². The molecule has 0 saturated heterocycles. The van der Waals surface area contributed by atoms with Crippen molar-refractivity contribution in [3.8, 4) is 11.7 Å². The van der Waals surface area contributed by atoms with Gasteiger partial charge in [0.1, 0.15) is 0 Å². The second-order valence-electron chi connectivity index (χ2n) is 2.64. The molecule has 0 aliphatic carbocycles. The van der Waals surface area contributed by atoms with Crippen molar-refractivity contribution in [2.75, 3.05) is 7.05 Å². The van der Waals surface area contributed by atoms with Crippen LogP contribution in [-0.2, 0) is 6.54 Å². The highest BCUT2D eigenvalue weighted by Gasteiger charge is 2.14. The average molecular weight is 295 g/mol. The van der Waals surface area contributed by atoms with Crippen LogP contribution in [0.5, 0.6) is 0 Å². The third-order valence-electron chi connectivity index (χ3n) is 1.61. The van der Waals surface area contributed by atoms with Gasteiger partial charge >= 0.3 is 0 Å². The van der Waals surface area contributed by atoms with Crippen LogP contribution < -0.4 is 5.32 Å². The standard InChI is InChI=1S/C8H8BrN3O2.ClH/c1-10-4-6-11-8(14-12-6)7-5(9)2-3-13-7;/h2-3,10H,4H2,1H3;1H. The van der Waals surface area contributed by atoms with Crippen LogP contribution >= 0.6 is 28.3 Å². The van der Waals surface area contributed by atoms with Gasteiger partial charge in [0.05, 0.1) is 17.3 Å². The first-order chi connectivity index (χ1) is 6.81. The first kappa shape index (κ1) is 12.2. The maximum absolute atomic E-state index is 5.18. The summed E-state index contributed by atoms with van der Waals surface area (Å²) in [5.74, 6) is 1.54. The van der Waals surface area contributed by atoms with Gasteiger partial charge in [-0.25, -0.2) is 0 Å². The molecule has 15 heavy (non-hydrogen) atoms. The van der Waals surface area contributed by atoms with Gasteiger partial charge in [-0.15, -0.1) is 12.4 Å². The number of halogens is 2. The fourth-order valence-corrected chi connectivity index (χ4v) is 1.39. The van der Waals surface area contributed by atoms with Gasteiger partial charge in [-0.3, -0.25) is 0 Å². The van der Waals surface area contributed by atoms with Crippen molar-refractivity contribution in [2.45, 2.75) is 6.54 Å². The third kappa shape index (κ3) is 2.58. The molecule has 5 nitrogen and oxygen atoms in total. The van der Waals surface area contributed by atoms with Crippen molar-refractivity contribution in [1.29, 1.82) is 0 Å². The molecule has 0 aromatic carbocycles. The molecule has 2 aromatic heterocycles. The van der Waals surface area contributed by atoms with Gasteiger partial charge in [0.2, 0.25) is 5.76 Å². The van der Waals surface area contributed by atoms with Crippen molar-refractivity contribution in [1.82, 2.24) is 15.5 Å². The van der Waals surface area contributed by atoms with Gasteiger partial charge in [-0.2, -0.15) is 4.98 Å². The van der Waals surface area contributed by atoms with Crippen LogP contribution in [0.15, 0.2) is 25.7 Å². The molecule has 82 valence electrons. The van der Waals surface area contributed by atoms with Crippen LogP contribution in [0.25, 0.3) is 11.7 Å². The van der Waals surface area contributed by atoms with Crippen LogP contribution in [0, 0.1) is 0 Å². The maximum Gasteiger partial charge on any atom is 0.294 e. The molecular formula is C8H9BrClN3O2. The number of nitrogens with one attached hydrogen (secondary N) is 1. The molecule has 0 radical (unpaired) electrons. The molecule has 0 amide bonds. The predicted molar refractivity (Wildman–Crippen MR) is 59.7 cm³/mol. The first-order valence-electron chi connectivity index (χ1n) is 4.02. The zero-order valence-corrected chi connectivity index (χ0v) is 10.3. The Hall–Kier alpha value is -0.850. The van der Waals surface area contributed by atoms with Gasteiger partial charge in [-0.1, -0.05) is 5.16 Å². The number of aromatic nitrogens is 2. The lowest BCUT2D eigenvalue weighted by Gasteiger charge is -1.87. The molecule has 0 saturated carbocycles. The Bertz CT molecular complexity index is 429. The molecule has 1 N–H and O–H groups in total. The monoisotopic (exact) mass is 293 g/mol.